The molecule has 0 aliphatic carbocycles. The van der Waals surface area contributed by atoms with E-state index in [1.54, 1.807) is 6.08 Å². The van der Waals surface area contributed by atoms with E-state index in [4.69, 9.17) is 0 Å². The van der Waals surface area contributed by atoms with Gasteiger partial charge in [-0.15, -0.1) is 0 Å². The molecule has 1 aliphatic rings. The zero-order chi connectivity index (χ0) is 23.7. The average Bonchev–Trinajstić information content (AvgIpc) is 3.23. The molecule has 0 atom stereocenters. The van der Waals surface area contributed by atoms with Crippen LogP contribution in [0, 0.1) is 20.8 Å². The van der Waals surface area contributed by atoms with Crippen molar-refractivity contribution in [2.45, 2.75) is 40.7 Å². The molecule has 33 heavy (non-hydrogen) atoms. The predicted molar refractivity (Wildman–Crippen MR) is 134 cm³/mol. The van der Waals surface area contributed by atoms with Crippen molar-refractivity contribution in [3.05, 3.63) is 69.8 Å². The Morgan fingerprint density at radius 3 is 2.48 bits per heavy atom. The Bertz CT molecular complexity index is 1280. The molecular formula is C26H27N3O3S. The minimum atomic E-state index is -0.440. The number of benzene rings is 2. The van der Waals surface area contributed by atoms with Crippen LogP contribution in [0.3, 0.4) is 0 Å². The van der Waals surface area contributed by atoms with Crippen LogP contribution in [0.25, 0.3) is 17.0 Å². The molecule has 6 nitrogen and oxygen atoms in total. The first kappa shape index (κ1) is 22.9. The second-order valence-corrected chi connectivity index (χ2v) is 9.38. The molecule has 0 spiro atoms. The molecule has 170 valence electrons. The lowest BCUT2D eigenvalue weighted by Gasteiger charge is -2.15. The van der Waals surface area contributed by atoms with Crippen molar-refractivity contribution in [2.75, 3.05) is 11.9 Å². The molecular weight excluding hydrogens is 434 g/mol. The number of thioether (sulfide) groups is 1. The maximum Gasteiger partial charge on any atom is 0.294 e. The number of aromatic nitrogens is 1. The first-order chi connectivity index (χ1) is 15.8. The molecule has 3 amide bonds. The Morgan fingerprint density at radius 1 is 1.09 bits per heavy atom. The summed E-state index contributed by atoms with van der Waals surface area (Å²) in [4.78, 5) is 39.6. The first-order valence-electron chi connectivity index (χ1n) is 11.0. The molecule has 4 rings (SSSR count). The fraction of sp³-hybridized carbons (Fsp3) is 0.269. The normalized spacial score (nSPS) is 15.2. The van der Waals surface area contributed by atoms with Gasteiger partial charge in [-0.05, 0) is 62.2 Å². The van der Waals surface area contributed by atoms with Crippen molar-refractivity contribution < 1.29 is 14.4 Å². The van der Waals surface area contributed by atoms with Crippen LogP contribution in [0.15, 0.2) is 47.5 Å². The van der Waals surface area contributed by atoms with Gasteiger partial charge in [0, 0.05) is 34.9 Å². The first-order valence-corrected chi connectivity index (χ1v) is 11.8. The third kappa shape index (κ3) is 4.59. The molecule has 0 radical (unpaired) electrons. The minimum absolute atomic E-state index is 0.313. The fourth-order valence-corrected chi connectivity index (χ4v) is 5.12. The number of amides is 3. The average molecular weight is 462 g/mol. The van der Waals surface area contributed by atoms with Crippen LogP contribution >= 0.6 is 11.8 Å². The number of hydrogen-bond donors (Lipinski definition) is 1. The third-order valence-corrected chi connectivity index (χ3v) is 6.59. The van der Waals surface area contributed by atoms with E-state index in [0.29, 0.717) is 4.91 Å². The number of nitrogens with zero attached hydrogens (tertiary/aromatic N) is 2. The lowest BCUT2D eigenvalue weighted by Crippen LogP contribution is -2.36. The topological polar surface area (TPSA) is 71.4 Å². The van der Waals surface area contributed by atoms with Crippen LogP contribution in [0.2, 0.25) is 0 Å². The van der Waals surface area contributed by atoms with Gasteiger partial charge in [0.05, 0.1) is 4.91 Å². The van der Waals surface area contributed by atoms with E-state index in [0.717, 1.165) is 68.5 Å². The van der Waals surface area contributed by atoms with Crippen LogP contribution < -0.4 is 5.32 Å². The molecule has 7 heteroatoms. The van der Waals surface area contributed by atoms with Crippen LogP contribution in [-0.4, -0.2) is 33.1 Å². The zero-order valence-electron chi connectivity index (χ0n) is 19.3. The van der Waals surface area contributed by atoms with Crippen LogP contribution in [0.1, 0.15) is 35.6 Å². The van der Waals surface area contributed by atoms with Crippen molar-refractivity contribution in [1.82, 2.24) is 9.47 Å². The van der Waals surface area contributed by atoms with E-state index in [-0.39, 0.29) is 6.54 Å². The van der Waals surface area contributed by atoms with Crippen LogP contribution in [0.4, 0.5) is 10.5 Å². The number of nitrogens with one attached hydrogen (secondary N) is 1. The Hall–Kier alpha value is -3.32. The highest BCUT2D eigenvalue weighted by atomic mass is 32.2. The standard InChI is InChI=1S/C26H27N3O3S/c1-5-10-28-14-19(20-8-6-7-9-21(20)28)13-22-25(31)29(26(32)33-22)15-23(30)27-24-17(3)11-16(2)12-18(24)4/h6-9,11-14H,5,10,15H2,1-4H3,(H,27,30)/b22-13-. The summed E-state index contributed by atoms with van der Waals surface area (Å²) in [5.41, 5.74) is 5.70. The van der Waals surface area contributed by atoms with Crippen molar-refractivity contribution in [3.63, 3.8) is 0 Å². The summed E-state index contributed by atoms with van der Waals surface area (Å²) in [7, 11) is 0. The number of anilines is 1. The van der Waals surface area contributed by atoms with E-state index in [2.05, 4.69) is 16.8 Å². The Morgan fingerprint density at radius 2 is 1.79 bits per heavy atom. The third-order valence-electron chi connectivity index (χ3n) is 5.69. The summed E-state index contributed by atoms with van der Waals surface area (Å²) in [6.07, 6.45) is 4.76. The van der Waals surface area contributed by atoms with Crippen molar-refractivity contribution >= 4 is 51.5 Å². The molecule has 1 fully saturated rings. The molecule has 1 aromatic heterocycles. The van der Waals surface area contributed by atoms with E-state index in [1.807, 2.05) is 63.4 Å². The Labute approximate surface area is 197 Å². The highest BCUT2D eigenvalue weighted by molar-refractivity contribution is 8.18. The zero-order valence-corrected chi connectivity index (χ0v) is 20.1. The fourth-order valence-electron chi connectivity index (χ4n) is 4.29. The van der Waals surface area contributed by atoms with Crippen LogP contribution in [0.5, 0.6) is 0 Å². The van der Waals surface area contributed by atoms with Gasteiger partial charge in [0.15, 0.2) is 0 Å². The summed E-state index contributed by atoms with van der Waals surface area (Å²) < 4.78 is 2.16. The Kier molecular flexibility index (Phi) is 6.42. The monoisotopic (exact) mass is 461 g/mol. The molecule has 1 aliphatic heterocycles. The number of imide groups is 1. The van der Waals surface area contributed by atoms with E-state index in [9.17, 15) is 14.4 Å². The van der Waals surface area contributed by atoms with E-state index < -0.39 is 17.1 Å². The second kappa shape index (κ2) is 9.27. The molecule has 1 saturated heterocycles. The summed E-state index contributed by atoms with van der Waals surface area (Å²) in [6, 6.07) is 12.0. The molecule has 1 N–H and O–H groups in total. The number of rotatable bonds is 6. The number of aryl methyl sites for hydroxylation is 4. The predicted octanol–water partition coefficient (Wildman–Crippen LogP) is 5.65. The molecule has 3 aromatic rings. The lowest BCUT2D eigenvalue weighted by atomic mass is 10.1. The molecule has 0 unspecified atom stereocenters. The van der Waals surface area contributed by atoms with Crippen molar-refractivity contribution in [2.24, 2.45) is 0 Å². The SMILES string of the molecule is CCCn1cc(/C=C2\SC(=O)N(CC(=O)Nc3c(C)cc(C)cc3C)C2=O)c2ccccc21. The minimum Gasteiger partial charge on any atom is -0.347 e. The van der Waals surface area contributed by atoms with Gasteiger partial charge in [0.1, 0.15) is 6.54 Å². The van der Waals surface area contributed by atoms with Gasteiger partial charge in [-0.3, -0.25) is 19.3 Å². The Balaban J connectivity index is 1.54. The van der Waals surface area contributed by atoms with E-state index in [1.165, 1.54) is 0 Å². The van der Waals surface area contributed by atoms with Gasteiger partial charge in [-0.2, -0.15) is 0 Å². The number of carbonyl (C=O) groups is 3. The maximum absolute atomic E-state index is 13.0. The van der Waals surface area contributed by atoms with Gasteiger partial charge in [-0.1, -0.05) is 42.8 Å². The highest BCUT2D eigenvalue weighted by Crippen LogP contribution is 2.34. The molecule has 2 heterocycles. The number of para-hydroxylation sites is 1. The number of carbonyl (C=O) groups excluding carboxylic acids is 3. The largest absolute Gasteiger partial charge is 0.347 e. The number of fused-ring (bicyclic) bond motifs is 1. The van der Waals surface area contributed by atoms with Gasteiger partial charge in [-0.25, -0.2) is 0 Å². The summed E-state index contributed by atoms with van der Waals surface area (Å²) >= 11 is 0.874. The van der Waals surface area contributed by atoms with Gasteiger partial charge in [0.2, 0.25) is 5.91 Å². The second-order valence-electron chi connectivity index (χ2n) is 8.38. The summed E-state index contributed by atoms with van der Waals surface area (Å²) in [5, 5.41) is 3.46. The molecule has 2 aromatic carbocycles. The summed E-state index contributed by atoms with van der Waals surface area (Å²) in [5.74, 6) is -0.835. The van der Waals surface area contributed by atoms with Gasteiger partial charge >= 0.3 is 0 Å². The lowest BCUT2D eigenvalue weighted by molar-refractivity contribution is -0.127. The van der Waals surface area contributed by atoms with Gasteiger partial charge in [0.25, 0.3) is 11.1 Å². The maximum atomic E-state index is 13.0. The number of hydrogen-bond acceptors (Lipinski definition) is 4. The molecule has 0 saturated carbocycles. The quantitative estimate of drug-likeness (QED) is 0.482. The van der Waals surface area contributed by atoms with Gasteiger partial charge < -0.3 is 9.88 Å². The summed E-state index contributed by atoms with van der Waals surface area (Å²) in [6.45, 7) is 8.52. The van der Waals surface area contributed by atoms with Crippen molar-refractivity contribution in [3.8, 4) is 0 Å². The van der Waals surface area contributed by atoms with Crippen LogP contribution in [-0.2, 0) is 16.1 Å². The van der Waals surface area contributed by atoms with Crippen molar-refractivity contribution in [1.29, 1.82) is 0 Å². The molecule has 0 bridgehead atoms. The van der Waals surface area contributed by atoms with E-state index >= 15 is 0 Å². The smallest absolute Gasteiger partial charge is 0.294 e. The highest BCUT2D eigenvalue weighted by Gasteiger charge is 2.36.